The number of amides is 1. The van der Waals surface area contributed by atoms with Gasteiger partial charge in [-0.05, 0) is 50.6 Å². The standard InChI is InChI=1S/C18H23ClN4O/c1-2-23-13-16(19)17(21-23)18(24)20-15-8-6-14(7-9-15)12-22-10-4-3-5-11-22/h6-9,13H,2-5,10-12H2,1H3,(H,20,24). The molecule has 1 aromatic heterocycles. The lowest BCUT2D eigenvalue weighted by Crippen LogP contribution is -2.29. The molecule has 128 valence electrons. The minimum absolute atomic E-state index is 0.260. The van der Waals surface area contributed by atoms with Gasteiger partial charge in [-0.3, -0.25) is 14.4 Å². The Morgan fingerprint density at radius 2 is 1.92 bits per heavy atom. The highest BCUT2D eigenvalue weighted by Gasteiger charge is 2.15. The van der Waals surface area contributed by atoms with Crippen molar-refractivity contribution in [3.05, 3.63) is 46.7 Å². The fraction of sp³-hybridized carbons (Fsp3) is 0.444. The van der Waals surface area contributed by atoms with Gasteiger partial charge in [0, 0.05) is 25.0 Å². The molecule has 1 aromatic carbocycles. The van der Waals surface area contributed by atoms with E-state index in [2.05, 4.69) is 27.4 Å². The van der Waals surface area contributed by atoms with E-state index >= 15 is 0 Å². The lowest BCUT2D eigenvalue weighted by molar-refractivity contribution is 0.102. The third-order valence-electron chi connectivity index (χ3n) is 4.32. The average molecular weight is 347 g/mol. The van der Waals surface area contributed by atoms with Crippen LogP contribution in [0, 0.1) is 0 Å². The lowest BCUT2D eigenvalue weighted by Gasteiger charge is -2.26. The van der Waals surface area contributed by atoms with Gasteiger partial charge in [0.05, 0.1) is 5.02 Å². The molecule has 0 saturated carbocycles. The number of nitrogens with one attached hydrogen (secondary N) is 1. The molecular weight excluding hydrogens is 324 g/mol. The number of halogens is 1. The number of nitrogens with zero attached hydrogens (tertiary/aromatic N) is 3. The quantitative estimate of drug-likeness (QED) is 0.896. The molecule has 5 nitrogen and oxygen atoms in total. The first-order valence-electron chi connectivity index (χ1n) is 8.51. The van der Waals surface area contributed by atoms with E-state index in [1.54, 1.807) is 10.9 Å². The van der Waals surface area contributed by atoms with E-state index in [1.807, 2.05) is 19.1 Å². The summed E-state index contributed by atoms with van der Waals surface area (Å²) < 4.78 is 1.65. The highest BCUT2D eigenvalue weighted by molar-refractivity contribution is 6.34. The fourth-order valence-corrected chi connectivity index (χ4v) is 3.21. The van der Waals surface area contributed by atoms with Crippen LogP contribution < -0.4 is 5.32 Å². The molecule has 0 spiro atoms. The predicted octanol–water partition coefficient (Wildman–Crippen LogP) is 3.79. The van der Waals surface area contributed by atoms with Crippen LogP contribution in [0.1, 0.15) is 42.2 Å². The second-order valence-corrected chi connectivity index (χ2v) is 6.58. The molecule has 3 rings (SSSR count). The molecule has 6 heteroatoms. The zero-order chi connectivity index (χ0) is 16.9. The van der Waals surface area contributed by atoms with Crippen molar-refractivity contribution in [3.8, 4) is 0 Å². The van der Waals surface area contributed by atoms with E-state index in [4.69, 9.17) is 11.6 Å². The summed E-state index contributed by atoms with van der Waals surface area (Å²) in [6.45, 7) is 5.96. The summed E-state index contributed by atoms with van der Waals surface area (Å²) in [4.78, 5) is 14.8. The SMILES string of the molecule is CCn1cc(Cl)c(C(=O)Nc2ccc(CN3CCCCC3)cc2)n1. The zero-order valence-electron chi connectivity index (χ0n) is 14.0. The van der Waals surface area contributed by atoms with Crippen LogP contribution in [0.25, 0.3) is 0 Å². The molecule has 0 unspecified atom stereocenters. The minimum atomic E-state index is -0.281. The van der Waals surface area contributed by atoms with Crippen LogP contribution in [0.4, 0.5) is 5.69 Å². The number of aromatic nitrogens is 2. The first kappa shape index (κ1) is 17.0. The van der Waals surface area contributed by atoms with Crippen LogP contribution in [0.5, 0.6) is 0 Å². The van der Waals surface area contributed by atoms with E-state index in [1.165, 1.54) is 37.9 Å². The van der Waals surface area contributed by atoms with Crippen molar-refractivity contribution in [2.75, 3.05) is 18.4 Å². The topological polar surface area (TPSA) is 50.2 Å². The van der Waals surface area contributed by atoms with E-state index in [0.29, 0.717) is 11.6 Å². The van der Waals surface area contributed by atoms with Gasteiger partial charge < -0.3 is 5.32 Å². The molecule has 1 amide bonds. The van der Waals surface area contributed by atoms with E-state index in [9.17, 15) is 4.79 Å². The van der Waals surface area contributed by atoms with Gasteiger partial charge in [-0.2, -0.15) is 5.10 Å². The third kappa shape index (κ3) is 4.16. The molecule has 0 aliphatic carbocycles. The number of rotatable bonds is 5. The Hall–Kier alpha value is -1.85. The predicted molar refractivity (Wildman–Crippen MR) is 96.4 cm³/mol. The number of anilines is 1. The van der Waals surface area contributed by atoms with E-state index in [0.717, 1.165) is 12.2 Å². The van der Waals surface area contributed by atoms with Crippen molar-refractivity contribution in [2.45, 2.75) is 39.3 Å². The van der Waals surface area contributed by atoms with Crippen molar-refractivity contribution in [3.63, 3.8) is 0 Å². The highest BCUT2D eigenvalue weighted by atomic mass is 35.5. The van der Waals surface area contributed by atoms with Gasteiger partial charge in [-0.15, -0.1) is 0 Å². The number of aryl methyl sites for hydroxylation is 1. The van der Waals surface area contributed by atoms with Gasteiger partial charge in [0.2, 0.25) is 0 Å². The molecule has 2 aromatic rings. The van der Waals surface area contributed by atoms with Gasteiger partial charge in [0.25, 0.3) is 5.91 Å². The minimum Gasteiger partial charge on any atom is -0.321 e. The van der Waals surface area contributed by atoms with E-state index < -0.39 is 0 Å². The Morgan fingerprint density at radius 3 is 2.54 bits per heavy atom. The number of hydrogen-bond donors (Lipinski definition) is 1. The second-order valence-electron chi connectivity index (χ2n) is 6.17. The molecule has 2 heterocycles. The molecule has 0 bridgehead atoms. The van der Waals surface area contributed by atoms with Crippen LogP contribution >= 0.6 is 11.6 Å². The van der Waals surface area contributed by atoms with Gasteiger partial charge in [-0.1, -0.05) is 30.2 Å². The van der Waals surface area contributed by atoms with Crippen LogP contribution in [0.3, 0.4) is 0 Å². The Labute approximate surface area is 147 Å². The fourth-order valence-electron chi connectivity index (χ4n) is 2.97. The first-order valence-corrected chi connectivity index (χ1v) is 8.89. The van der Waals surface area contributed by atoms with Crippen molar-refractivity contribution < 1.29 is 4.79 Å². The summed E-state index contributed by atoms with van der Waals surface area (Å²) in [5.41, 5.74) is 2.28. The Kier molecular flexibility index (Phi) is 5.53. The molecule has 1 fully saturated rings. The second kappa shape index (κ2) is 7.81. The molecular formula is C18H23ClN4O. The van der Waals surface area contributed by atoms with Crippen molar-refractivity contribution in [1.29, 1.82) is 0 Å². The summed E-state index contributed by atoms with van der Waals surface area (Å²) in [6.07, 6.45) is 5.59. The lowest BCUT2D eigenvalue weighted by atomic mass is 10.1. The normalized spacial score (nSPS) is 15.4. The summed E-state index contributed by atoms with van der Waals surface area (Å²) in [7, 11) is 0. The summed E-state index contributed by atoms with van der Waals surface area (Å²) in [6, 6.07) is 8.00. The van der Waals surface area contributed by atoms with Crippen LogP contribution in [-0.2, 0) is 13.1 Å². The zero-order valence-corrected chi connectivity index (χ0v) is 14.7. The molecule has 1 saturated heterocycles. The van der Waals surface area contributed by atoms with Crippen molar-refractivity contribution in [2.24, 2.45) is 0 Å². The molecule has 1 N–H and O–H groups in total. The van der Waals surface area contributed by atoms with Gasteiger partial charge in [0.1, 0.15) is 0 Å². The summed E-state index contributed by atoms with van der Waals surface area (Å²) in [5.74, 6) is -0.281. The smallest absolute Gasteiger partial charge is 0.277 e. The van der Waals surface area contributed by atoms with Gasteiger partial charge in [-0.25, -0.2) is 0 Å². The summed E-state index contributed by atoms with van der Waals surface area (Å²) in [5, 5.41) is 7.41. The Bertz CT molecular complexity index is 690. The average Bonchev–Trinajstić information content (AvgIpc) is 2.99. The molecule has 24 heavy (non-hydrogen) atoms. The molecule has 1 aliphatic heterocycles. The maximum absolute atomic E-state index is 12.3. The Morgan fingerprint density at radius 1 is 1.21 bits per heavy atom. The summed E-state index contributed by atoms with van der Waals surface area (Å²) >= 11 is 6.07. The van der Waals surface area contributed by atoms with Crippen molar-refractivity contribution >= 4 is 23.2 Å². The van der Waals surface area contributed by atoms with Gasteiger partial charge >= 0.3 is 0 Å². The number of likely N-dealkylation sites (tertiary alicyclic amines) is 1. The monoisotopic (exact) mass is 346 g/mol. The third-order valence-corrected chi connectivity index (χ3v) is 4.60. The number of hydrogen-bond acceptors (Lipinski definition) is 3. The maximum Gasteiger partial charge on any atom is 0.277 e. The number of carbonyl (C=O) groups excluding carboxylic acids is 1. The van der Waals surface area contributed by atoms with E-state index in [-0.39, 0.29) is 11.6 Å². The first-order chi connectivity index (χ1) is 11.7. The molecule has 0 radical (unpaired) electrons. The molecule has 0 atom stereocenters. The van der Waals surface area contributed by atoms with Crippen molar-refractivity contribution in [1.82, 2.24) is 14.7 Å². The van der Waals surface area contributed by atoms with Crippen LogP contribution in [-0.4, -0.2) is 33.7 Å². The van der Waals surface area contributed by atoms with Crippen LogP contribution in [0.2, 0.25) is 5.02 Å². The maximum atomic E-state index is 12.3. The van der Waals surface area contributed by atoms with Crippen LogP contribution in [0.15, 0.2) is 30.5 Å². The number of carbonyl (C=O) groups is 1. The largest absolute Gasteiger partial charge is 0.321 e. The number of benzene rings is 1. The molecule has 1 aliphatic rings. The Balaban J connectivity index is 1.60. The highest BCUT2D eigenvalue weighted by Crippen LogP contribution is 2.18. The van der Waals surface area contributed by atoms with Gasteiger partial charge in [0.15, 0.2) is 5.69 Å². The number of piperidine rings is 1.